The van der Waals surface area contributed by atoms with Crippen molar-refractivity contribution in [1.29, 1.82) is 0 Å². The third-order valence-corrected chi connectivity index (χ3v) is 5.81. The normalized spacial score (nSPS) is 14.6. The van der Waals surface area contributed by atoms with Gasteiger partial charge in [0.05, 0.1) is 25.2 Å². The van der Waals surface area contributed by atoms with Crippen molar-refractivity contribution in [2.24, 2.45) is 13.0 Å². The zero-order valence-electron chi connectivity index (χ0n) is 15.8. The van der Waals surface area contributed by atoms with E-state index in [1.165, 1.54) is 11.8 Å². The number of nitrogens with zero attached hydrogens (tertiary/aromatic N) is 3. The van der Waals surface area contributed by atoms with Crippen molar-refractivity contribution in [3.8, 4) is 17.3 Å². The molecule has 28 heavy (non-hydrogen) atoms. The van der Waals surface area contributed by atoms with Crippen LogP contribution in [-0.4, -0.2) is 33.5 Å². The Bertz CT molecular complexity index is 933. The van der Waals surface area contributed by atoms with Crippen LogP contribution < -0.4 is 10.1 Å². The number of aromatic nitrogens is 3. The van der Waals surface area contributed by atoms with E-state index in [4.69, 9.17) is 9.15 Å². The maximum atomic E-state index is 12.6. The van der Waals surface area contributed by atoms with Gasteiger partial charge >= 0.3 is 0 Å². The summed E-state index contributed by atoms with van der Waals surface area (Å²) in [5.41, 5.74) is 1.11. The minimum absolute atomic E-state index is 0.0136. The fourth-order valence-electron chi connectivity index (χ4n) is 3.12. The first kappa shape index (κ1) is 18.6. The Kier molecular flexibility index (Phi) is 5.38. The predicted octanol–water partition coefficient (Wildman–Crippen LogP) is 3.44. The number of carbonyl (C=O) groups excluding carboxylic acids is 1. The second-order valence-corrected chi connectivity index (χ2v) is 7.73. The Morgan fingerprint density at radius 1 is 1.32 bits per heavy atom. The number of carbonyl (C=O) groups is 1. The number of benzene rings is 1. The first-order valence-corrected chi connectivity index (χ1v) is 10.1. The summed E-state index contributed by atoms with van der Waals surface area (Å²) in [5, 5.41) is 12.2. The molecule has 4 rings (SSSR count). The molecule has 0 bridgehead atoms. The van der Waals surface area contributed by atoms with Crippen LogP contribution in [0.25, 0.3) is 11.6 Å². The molecule has 0 saturated heterocycles. The summed E-state index contributed by atoms with van der Waals surface area (Å²) in [4.78, 5) is 12.6. The molecule has 1 fully saturated rings. The van der Waals surface area contributed by atoms with Crippen LogP contribution >= 0.6 is 11.8 Å². The minimum Gasteiger partial charge on any atom is -0.497 e. The van der Waals surface area contributed by atoms with Crippen molar-refractivity contribution in [2.45, 2.75) is 24.0 Å². The van der Waals surface area contributed by atoms with E-state index >= 15 is 0 Å². The number of rotatable bonds is 8. The quantitative estimate of drug-likeness (QED) is 0.585. The maximum Gasteiger partial charge on any atom is 0.230 e. The van der Waals surface area contributed by atoms with Gasteiger partial charge in [-0.25, -0.2) is 0 Å². The second kappa shape index (κ2) is 8.10. The van der Waals surface area contributed by atoms with Crippen LogP contribution in [0.1, 0.15) is 24.4 Å². The van der Waals surface area contributed by atoms with Crippen molar-refractivity contribution in [3.05, 3.63) is 48.2 Å². The van der Waals surface area contributed by atoms with E-state index in [9.17, 15) is 4.79 Å². The molecule has 8 heteroatoms. The monoisotopic (exact) mass is 398 g/mol. The van der Waals surface area contributed by atoms with Gasteiger partial charge < -0.3 is 19.0 Å². The third kappa shape index (κ3) is 4.06. The molecule has 1 aliphatic carbocycles. The van der Waals surface area contributed by atoms with E-state index in [1.807, 2.05) is 48.0 Å². The molecule has 3 aromatic rings. The molecule has 7 nitrogen and oxygen atoms in total. The smallest absolute Gasteiger partial charge is 0.230 e. The molecule has 1 unspecified atom stereocenters. The summed E-state index contributed by atoms with van der Waals surface area (Å²) < 4.78 is 12.4. The topological polar surface area (TPSA) is 82.2 Å². The van der Waals surface area contributed by atoms with Gasteiger partial charge in [-0.3, -0.25) is 4.79 Å². The zero-order valence-corrected chi connectivity index (χ0v) is 16.6. The Hall–Kier alpha value is -2.74. The van der Waals surface area contributed by atoms with Crippen LogP contribution in [0, 0.1) is 5.92 Å². The molecule has 1 saturated carbocycles. The second-order valence-electron chi connectivity index (χ2n) is 6.79. The number of furan rings is 1. The van der Waals surface area contributed by atoms with Gasteiger partial charge in [-0.2, -0.15) is 0 Å². The lowest BCUT2D eigenvalue weighted by atomic mass is 10.0. The van der Waals surface area contributed by atoms with E-state index in [0.29, 0.717) is 22.7 Å². The number of thioether (sulfide) groups is 1. The molecule has 146 valence electrons. The molecule has 1 atom stereocenters. The summed E-state index contributed by atoms with van der Waals surface area (Å²) in [6.45, 7) is 0. The highest BCUT2D eigenvalue weighted by Gasteiger charge is 2.33. The standard InChI is InChI=1S/C20H22N4O3S/c1-24-19(16-4-3-11-27-16)22-23-20(24)28-12-17(25)21-18(13-5-6-13)14-7-9-15(26-2)10-8-14/h3-4,7-11,13,18H,5-6,12H2,1-2H3,(H,21,25). The van der Waals surface area contributed by atoms with Crippen LogP contribution in [0.2, 0.25) is 0 Å². The Morgan fingerprint density at radius 2 is 2.11 bits per heavy atom. The Balaban J connectivity index is 1.38. The molecular formula is C20H22N4O3S. The SMILES string of the molecule is COc1ccc(C(NC(=O)CSc2nnc(-c3ccco3)n2C)C2CC2)cc1. The van der Waals surface area contributed by atoms with E-state index in [-0.39, 0.29) is 17.7 Å². The maximum absolute atomic E-state index is 12.6. The lowest BCUT2D eigenvalue weighted by molar-refractivity contribution is -0.119. The first-order chi connectivity index (χ1) is 13.7. The highest BCUT2D eigenvalue weighted by molar-refractivity contribution is 7.99. The largest absolute Gasteiger partial charge is 0.497 e. The van der Waals surface area contributed by atoms with Crippen molar-refractivity contribution < 1.29 is 13.9 Å². The number of hydrogen-bond donors (Lipinski definition) is 1. The summed E-state index contributed by atoms with van der Waals surface area (Å²) in [6.07, 6.45) is 3.88. The van der Waals surface area contributed by atoms with Gasteiger partial charge in [-0.05, 0) is 48.6 Å². The van der Waals surface area contributed by atoms with Crippen molar-refractivity contribution in [2.75, 3.05) is 12.9 Å². The minimum atomic E-state index is -0.0136. The fraction of sp³-hybridized carbons (Fsp3) is 0.350. The van der Waals surface area contributed by atoms with Crippen LogP contribution in [0.4, 0.5) is 0 Å². The van der Waals surface area contributed by atoms with Gasteiger partial charge in [0.2, 0.25) is 5.91 Å². The highest BCUT2D eigenvalue weighted by Crippen LogP contribution is 2.41. The molecule has 0 radical (unpaired) electrons. The molecule has 2 aromatic heterocycles. The number of nitrogens with one attached hydrogen (secondary N) is 1. The van der Waals surface area contributed by atoms with Crippen LogP contribution in [0.5, 0.6) is 5.75 Å². The molecule has 0 spiro atoms. The lowest BCUT2D eigenvalue weighted by Crippen LogP contribution is -2.31. The zero-order chi connectivity index (χ0) is 19.5. The Morgan fingerprint density at radius 3 is 2.75 bits per heavy atom. The molecule has 2 heterocycles. The summed E-state index contributed by atoms with van der Waals surface area (Å²) >= 11 is 1.36. The number of amides is 1. The van der Waals surface area contributed by atoms with Crippen LogP contribution in [0.15, 0.2) is 52.2 Å². The van der Waals surface area contributed by atoms with Crippen molar-refractivity contribution in [3.63, 3.8) is 0 Å². The molecular weight excluding hydrogens is 376 g/mol. The lowest BCUT2D eigenvalue weighted by Gasteiger charge is -2.19. The van der Waals surface area contributed by atoms with E-state index < -0.39 is 0 Å². The molecule has 1 N–H and O–H groups in total. The van der Waals surface area contributed by atoms with Gasteiger partial charge in [0, 0.05) is 7.05 Å². The van der Waals surface area contributed by atoms with Crippen molar-refractivity contribution >= 4 is 17.7 Å². The fourth-order valence-corrected chi connectivity index (χ4v) is 3.84. The van der Waals surface area contributed by atoms with E-state index in [2.05, 4.69) is 15.5 Å². The summed E-state index contributed by atoms with van der Waals surface area (Å²) in [6, 6.07) is 11.6. The Labute approximate surface area is 167 Å². The highest BCUT2D eigenvalue weighted by atomic mass is 32.2. The number of ether oxygens (including phenoxy) is 1. The molecule has 1 amide bonds. The van der Waals surface area contributed by atoms with Crippen LogP contribution in [-0.2, 0) is 11.8 Å². The molecule has 1 aromatic carbocycles. The van der Waals surface area contributed by atoms with E-state index in [1.54, 1.807) is 13.4 Å². The first-order valence-electron chi connectivity index (χ1n) is 9.15. The average molecular weight is 398 g/mol. The molecule has 1 aliphatic rings. The summed E-state index contributed by atoms with van der Waals surface area (Å²) in [5.74, 6) is 2.88. The molecule has 0 aliphatic heterocycles. The number of methoxy groups -OCH3 is 1. The average Bonchev–Trinajstić information content (AvgIpc) is 3.28. The van der Waals surface area contributed by atoms with Gasteiger partial charge in [0.25, 0.3) is 0 Å². The van der Waals surface area contributed by atoms with Gasteiger partial charge in [-0.15, -0.1) is 10.2 Å². The van der Waals surface area contributed by atoms with Crippen LogP contribution in [0.3, 0.4) is 0 Å². The third-order valence-electron chi connectivity index (χ3n) is 4.79. The summed E-state index contributed by atoms with van der Waals surface area (Å²) in [7, 11) is 3.51. The number of hydrogen-bond acceptors (Lipinski definition) is 6. The van der Waals surface area contributed by atoms with Gasteiger partial charge in [-0.1, -0.05) is 23.9 Å². The predicted molar refractivity (Wildman–Crippen MR) is 106 cm³/mol. The van der Waals surface area contributed by atoms with Crippen molar-refractivity contribution in [1.82, 2.24) is 20.1 Å². The van der Waals surface area contributed by atoms with Gasteiger partial charge in [0.1, 0.15) is 5.75 Å². The van der Waals surface area contributed by atoms with E-state index in [0.717, 1.165) is 24.2 Å². The van der Waals surface area contributed by atoms with Gasteiger partial charge in [0.15, 0.2) is 16.7 Å².